The van der Waals surface area contributed by atoms with Gasteiger partial charge in [-0.25, -0.2) is 4.39 Å². The Kier molecular flexibility index (Phi) is 2.41. The summed E-state index contributed by atoms with van der Waals surface area (Å²) in [5.74, 6) is -0.321. The van der Waals surface area contributed by atoms with Crippen molar-refractivity contribution in [3.8, 4) is 11.3 Å². The van der Waals surface area contributed by atoms with Gasteiger partial charge in [0, 0.05) is 18.2 Å². The second kappa shape index (κ2) is 3.73. The topological polar surface area (TPSA) is 37.8 Å². The lowest BCUT2D eigenvalue weighted by Gasteiger charge is -2.05. The largest absolute Gasteiger partial charge is 0.285 e. The van der Waals surface area contributed by atoms with Gasteiger partial charge >= 0.3 is 0 Å². The fourth-order valence-corrected chi connectivity index (χ4v) is 1.57. The monoisotopic (exact) mass is 206 g/mol. The van der Waals surface area contributed by atoms with E-state index in [2.05, 4.69) is 5.10 Å². The van der Waals surface area contributed by atoms with Gasteiger partial charge in [-0.15, -0.1) is 0 Å². The number of hydrogen-bond acceptors (Lipinski definition) is 1. The predicted molar refractivity (Wildman–Crippen MR) is 56.1 cm³/mol. The van der Waals surface area contributed by atoms with Crippen molar-refractivity contribution in [3.05, 3.63) is 46.5 Å². The molecule has 0 radical (unpaired) electrons. The van der Waals surface area contributed by atoms with Crippen molar-refractivity contribution >= 4 is 0 Å². The molecule has 0 aliphatic carbocycles. The average Bonchev–Trinajstić information content (AvgIpc) is 2.60. The Morgan fingerprint density at radius 1 is 1.40 bits per heavy atom. The minimum absolute atomic E-state index is 0.213. The van der Waals surface area contributed by atoms with Gasteiger partial charge in [0.1, 0.15) is 5.82 Å². The van der Waals surface area contributed by atoms with E-state index in [1.165, 1.54) is 12.1 Å². The zero-order valence-electron chi connectivity index (χ0n) is 8.33. The maximum atomic E-state index is 13.5. The van der Waals surface area contributed by atoms with Crippen LogP contribution in [0.1, 0.15) is 6.92 Å². The summed E-state index contributed by atoms with van der Waals surface area (Å²) in [5, 5.41) is 2.61. The van der Waals surface area contributed by atoms with E-state index in [9.17, 15) is 9.18 Å². The van der Waals surface area contributed by atoms with E-state index in [0.717, 1.165) is 0 Å². The number of halogens is 1. The third-order valence-electron chi connectivity index (χ3n) is 2.27. The molecule has 0 fully saturated rings. The first-order chi connectivity index (χ1) is 7.22. The summed E-state index contributed by atoms with van der Waals surface area (Å²) in [6.07, 6.45) is 0. The first-order valence-corrected chi connectivity index (χ1v) is 4.77. The molecule has 0 spiro atoms. The quantitative estimate of drug-likeness (QED) is 0.801. The van der Waals surface area contributed by atoms with Gasteiger partial charge in [0.05, 0.1) is 5.69 Å². The highest BCUT2D eigenvalue weighted by atomic mass is 19.1. The number of nitrogens with zero attached hydrogens (tertiary/aromatic N) is 1. The highest BCUT2D eigenvalue weighted by Gasteiger charge is 2.09. The molecule has 0 aliphatic heterocycles. The first-order valence-electron chi connectivity index (χ1n) is 4.77. The Morgan fingerprint density at radius 2 is 2.13 bits per heavy atom. The van der Waals surface area contributed by atoms with E-state index < -0.39 is 0 Å². The molecule has 1 heterocycles. The molecule has 78 valence electrons. The van der Waals surface area contributed by atoms with Crippen LogP contribution in [0.3, 0.4) is 0 Å². The lowest BCUT2D eigenvalue weighted by molar-refractivity contribution is 0.620. The second-order valence-electron chi connectivity index (χ2n) is 3.23. The van der Waals surface area contributed by atoms with E-state index in [4.69, 9.17) is 0 Å². The Bertz CT molecular complexity index is 527. The van der Waals surface area contributed by atoms with Gasteiger partial charge in [-0.3, -0.25) is 14.6 Å². The fourth-order valence-electron chi connectivity index (χ4n) is 1.57. The number of hydrogen-bond donors (Lipinski definition) is 1. The van der Waals surface area contributed by atoms with E-state index >= 15 is 0 Å². The van der Waals surface area contributed by atoms with Crippen LogP contribution in [0.4, 0.5) is 4.39 Å². The minimum atomic E-state index is -0.321. The Labute approximate surface area is 86.2 Å². The van der Waals surface area contributed by atoms with Crippen LogP contribution in [0.15, 0.2) is 35.1 Å². The van der Waals surface area contributed by atoms with Crippen molar-refractivity contribution in [3.63, 3.8) is 0 Å². The maximum Gasteiger partial charge on any atom is 0.264 e. The van der Waals surface area contributed by atoms with Crippen molar-refractivity contribution in [2.45, 2.75) is 13.5 Å². The third-order valence-corrected chi connectivity index (χ3v) is 2.27. The molecule has 0 saturated carbocycles. The van der Waals surface area contributed by atoms with E-state index in [-0.39, 0.29) is 11.4 Å². The highest BCUT2D eigenvalue weighted by Crippen LogP contribution is 2.20. The van der Waals surface area contributed by atoms with Crippen LogP contribution in [0.25, 0.3) is 11.3 Å². The fraction of sp³-hybridized carbons (Fsp3) is 0.182. The summed E-state index contributed by atoms with van der Waals surface area (Å²) >= 11 is 0. The molecule has 1 N–H and O–H groups in total. The van der Waals surface area contributed by atoms with Gasteiger partial charge in [0.2, 0.25) is 0 Å². The lowest BCUT2D eigenvalue weighted by Crippen LogP contribution is -2.04. The first kappa shape index (κ1) is 9.71. The molecule has 0 amide bonds. The molecule has 2 aromatic rings. The second-order valence-corrected chi connectivity index (χ2v) is 3.23. The molecule has 0 aliphatic rings. The Hall–Kier alpha value is -1.84. The van der Waals surface area contributed by atoms with Crippen LogP contribution in [0.2, 0.25) is 0 Å². The zero-order chi connectivity index (χ0) is 10.8. The number of H-pyrrole nitrogens is 1. The van der Waals surface area contributed by atoms with Gasteiger partial charge in [0.15, 0.2) is 0 Å². The van der Waals surface area contributed by atoms with Gasteiger partial charge in [-0.2, -0.15) is 0 Å². The van der Waals surface area contributed by atoms with Crippen LogP contribution in [-0.2, 0) is 6.54 Å². The Morgan fingerprint density at radius 3 is 2.80 bits per heavy atom. The highest BCUT2D eigenvalue weighted by molar-refractivity contribution is 5.59. The van der Waals surface area contributed by atoms with Crippen LogP contribution in [-0.4, -0.2) is 9.78 Å². The van der Waals surface area contributed by atoms with Crippen LogP contribution in [0.5, 0.6) is 0 Å². The van der Waals surface area contributed by atoms with Crippen molar-refractivity contribution in [1.82, 2.24) is 9.78 Å². The van der Waals surface area contributed by atoms with Gasteiger partial charge in [-0.1, -0.05) is 12.1 Å². The molecule has 1 aromatic carbocycles. The molecule has 0 unspecified atom stereocenters. The molecule has 2 rings (SSSR count). The molecular weight excluding hydrogens is 195 g/mol. The van der Waals surface area contributed by atoms with Crippen molar-refractivity contribution < 1.29 is 4.39 Å². The van der Waals surface area contributed by atoms with Crippen molar-refractivity contribution in [1.29, 1.82) is 0 Å². The number of aromatic nitrogens is 2. The number of nitrogens with one attached hydrogen (secondary N) is 1. The number of aromatic amines is 1. The van der Waals surface area contributed by atoms with Gasteiger partial charge in [0.25, 0.3) is 5.56 Å². The SMILES string of the molecule is CCn1[nH]c(=O)cc1-c1ccccc1F. The average molecular weight is 206 g/mol. The normalized spacial score (nSPS) is 10.5. The minimum Gasteiger partial charge on any atom is -0.285 e. The Balaban J connectivity index is 2.63. The molecular formula is C11H11FN2O. The summed E-state index contributed by atoms with van der Waals surface area (Å²) in [5.41, 5.74) is 0.813. The third kappa shape index (κ3) is 1.70. The standard InChI is InChI=1S/C11H11FN2O/c1-2-14-10(7-11(15)13-14)8-5-3-4-6-9(8)12/h3-7H,2H2,1H3,(H,13,15). The summed E-state index contributed by atoms with van der Waals surface area (Å²) in [4.78, 5) is 11.2. The zero-order valence-corrected chi connectivity index (χ0v) is 8.33. The summed E-state index contributed by atoms with van der Waals surface area (Å²) in [7, 11) is 0. The predicted octanol–water partition coefficient (Wildman–Crippen LogP) is 2.00. The lowest BCUT2D eigenvalue weighted by atomic mass is 10.1. The molecule has 0 atom stereocenters. The van der Waals surface area contributed by atoms with Crippen LogP contribution < -0.4 is 5.56 Å². The number of benzene rings is 1. The molecule has 4 heteroatoms. The van der Waals surface area contributed by atoms with E-state index in [1.807, 2.05) is 6.92 Å². The maximum absolute atomic E-state index is 13.5. The molecule has 3 nitrogen and oxygen atoms in total. The summed E-state index contributed by atoms with van der Waals surface area (Å²) in [6.45, 7) is 2.49. The number of rotatable bonds is 2. The van der Waals surface area contributed by atoms with Crippen LogP contribution in [0, 0.1) is 5.82 Å². The van der Waals surface area contributed by atoms with Gasteiger partial charge in [-0.05, 0) is 19.1 Å². The summed E-state index contributed by atoms with van der Waals surface area (Å²) in [6, 6.07) is 7.81. The molecule has 1 aromatic heterocycles. The molecule has 0 saturated heterocycles. The molecule has 15 heavy (non-hydrogen) atoms. The summed E-state index contributed by atoms with van der Waals surface area (Å²) < 4.78 is 15.1. The number of aryl methyl sites for hydroxylation is 1. The van der Waals surface area contributed by atoms with E-state index in [1.54, 1.807) is 22.9 Å². The van der Waals surface area contributed by atoms with Crippen LogP contribution >= 0.6 is 0 Å². The van der Waals surface area contributed by atoms with Crippen molar-refractivity contribution in [2.75, 3.05) is 0 Å². The van der Waals surface area contributed by atoms with Gasteiger partial charge < -0.3 is 0 Å². The smallest absolute Gasteiger partial charge is 0.264 e. The molecule has 0 bridgehead atoms. The van der Waals surface area contributed by atoms with E-state index in [0.29, 0.717) is 17.8 Å². The van der Waals surface area contributed by atoms with Crippen molar-refractivity contribution in [2.24, 2.45) is 0 Å².